The number of anilines is 1. The molecule has 1 fully saturated rings. The van der Waals surface area contributed by atoms with Gasteiger partial charge in [0.25, 0.3) is 0 Å². The number of unbranched alkanes of at least 4 members (excludes halogenated alkanes) is 1. The molecule has 2 aliphatic rings. The number of amides is 1. The van der Waals surface area contributed by atoms with E-state index in [1.807, 2.05) is 24.3 Å². The molecular weight excluding hydrogens is 545 g/mol. The Labute approximate surface area is 236 Å². The van der Waals surface area contributed by atoms with E-state index >= 15 is 0 Å². The summed E-state index contributed by atoms with van der Waals surface area (Å²) in [5, 5.41) is 16.9. The number of nitrogens with two attached hydrogens (primary N) is 1. The zero-order chi connectivity index (χ0) is 27.6. The summed E-state index contributed by atoms with van der Waals surface area (Å²) >= 11 is 0. The van der Waals surface area contributed by atoms with Crippen molar-refractivity contribution in [3.63, 3.8) is 0 Å². The van der Waals surface area contributed by atoms with Gasteiger partial charge in [-0.2, -0.15) is 0 Å². The van der Waals surface area contributed by atoms with E-state index in [4.69, 9.17) is 5.73 Å². The summed E-state index contributed by atoms with van der Waals surface area (Å²) in [6.45, 7) is 3.14. The number of nitrogens with zero attached hydrogens (tertiary/aromatic N) is 3. The normalized spacial score (nSPS) is 17.2. The van der Waals surface area contributed by atoms with Crippen molar-refractivity contribution in [1.29, 1.82) is 0 Å². The molecule has 5 rings (SSSR count). The summed E-state index contributed by atoms with van der Waals surface area (Å²) in [6.07, 6.45) is 4.73. The highest BCUT2D eigenvalue weighted by Gasteiger charge is 2.48. The molecule has 1 aromatic heterocycles. The molecule has 1 aliphatic carbocycles. The van der Waals surface area contributed by atoms with Gasteiger partial charge >= 0.3 is 0 Å². The third kappa shape index (κ3) is 6.03. The fraction of sp³-hybridized carbons (Fsp3) is 0.393. The van der Waals surface area contributed by atoms with Crippen LogP contribution in [0.4, 0.5) is 5.82 Å². The van der Waals surface area contributed by atoms with Gasteiger partial charge in [-0.1, -0.05) is 55.0 Å². The Kier molecular flexibility index (Phi) is 8.64. The lowest BCUT2D eigenvalue weighted by molar-refractivity contribution is -0.125. The molecule has 2 heterocycles. The molecule has 11 heteroatoms. The molecular formula is C28H37N6O2P3. The van der Waals surface area contributed by atoms with E-state index in [1.54, 1.807) is 0 Å². The number of carbonyl (C=O) groups excluding carboxylic acids is 1. The van der Waals surface area contributed by atoms with Crippen LogP contribution >= 0.6 is 27.7 Å². The van der Waals surface area contributed by atoms with Crippen molar-refractivity contribution < 1.29 is 9.90 Å². The second kappa shape index (κ2) is 11.8. The van der Waals surface area contributed by atoms with Crippen molar-refractivity contribution >= 4 is 39.4 Å². The molecule has 39 heavy (non-hydrogen) atoms. The van der Waals surface area contributed by atoms with Crippen molar-refractivity contribution in [3.05, 3.63) is 77.7 Å². The van der Waals surface area contributed by atoms with Crippen LogP contribution in [0.2, 0.25) is 0 Å². The van der Waals surface area contributed by atoms with Crippen molar-refractivity contribution in [3.8, 4) is 11.1 Å². The Bertz CT molecular complexity index is 1280. The average molecular weight is 583 g/mol. The topological polar surface area (TPSA) is 116 Å². The average Bonchev–Trinajstić information content (AvgIpc) is 3.18. The third-order valence-electron chi connectivity index (χ3n) is 7.65. The predicted octanol–water partition coefficient (Wildman–Crippen LogP) is 2.86. The Morgan fingerprint density at radius 1 is 1.05 bits per heavy atom. The molecule has 4 unspecified atom stereocenters. The minimum atomic E-state index is -0.935. The van der Waals surface area contributed by atoms with Gasteiger partial charge < -0.3 is 21.1 Å². The third-order valence-corrected chi connectivity index (χ3v) is 8.26. The first-order chi connectivity index (χ1) is 18.7. The lowest BCUT2D eigenvalue weighted by atomic mass is 9.73. The standard InChI is InChI=1S/C28H37N6O2P3/c29-24-23(30-12-13-31-24)25(35)33-18-15-34(16-18)14-6-5-11-27(26(36)32-17-28(37,38)39)21-9-3-1-7-19(21)20-8-2-4-10-22(20)27/h1-4,7-10,12-13,18,25,33,35H,5-6,11,14-17,37-39H2,(H2,29,31)(H,32,36). The Morgan fingerprint density at radius 3 is 2.28 bits per heavy atom. The van der Waals surface area contributed by atoms with Crippen LogP contribution in [0.1, 0.15) is 42.3 Å². The molecule has 5 N–H and O–H groups in total. The number of aliphatic hydroxyl groups is 1. The number of carbonyl (C=O) groups is 1. The molecule has 1 saturated heterocycles. The quantitative estimate of drug-likeness (QED) is 0.156. The molecule has 8 nitrogen and oxygen atoms in total. The lowest BCUT2D eigenvalue weighted by Crippen LogP contribution is -2.58. The van der Waals surface area contributed by atoms with Gasteiger partial charge in [-0.25, -0.2) is 4.98 Å². The first kappa shape index (κ1) is 28.5. The maximum Gasteiger partial charge on any atom is 0.235 e. The smallest absolute Gasteiger partial charge is 0.235 e. The molecule has 0 bridgehead atoms. The first-order valence-electron chi connectivity index (χ1n) is 13.3. The van der Waals surface area contributed by atoms with Crippen molar-refractivity contribution in [1.82, 2.24) is 25.5 Å². The monoisotopic (exact) mass is 582 g/mol. The second-order valence-corrected chi connectivity index (χ2v) is 15.8. The van der Waals surface area contributed by atoms with Crippen LogP contribution < -0.4 is 16.4 Å². The number of aromatic nitrogens is 2. The number of hydrogen-bond acceptors (Lipinski definition) is 7. The van der Waals surface area contributed by atoms with Crippen LogP contribution in [0.25, 0.3) is 11.1 Å². The second-order valence-electron chi connectivity index (χ2n) is 10.6. The molecule has 3 aromatic rings. The fourth-order valence-corrected chi connectivity index (χ4v) is 6.10. The predicted molar refractivity (Wildman–Crippen MR) is 166 cm³/mol. The van der Waals surface area contributed by atoms with Crippen LogP contribution in [0.5, 0.6) is 0 Å². The molecule has 206 valence electrons. The molecule has 1 amide bonds. The van der Waals surface area contributed by atoms with Crippen LogP contribution in [-0.4, -0.2) is 62.7 Å². The minimum Gasteiger partial charge on any atom is -0.382 e. The maximum atomic E-state index is 14.0. The number of likely N-dealkylation sites (tertiary alicyclic amines) is 1. The number of fused-ring (bicyclic) bond motifs is 3. The van der Waals surface area contributed by atoms with Crippen LogP contribution in [0, 0.1) is 0 Å². The molecule has 0 radical (unpaired) electrons. The number of hydrogen-bond donors (Lipinski definition) is 4. The summed E-state index contributed by atoms with van der Waals surface area (Å²) in [5.41, 5.74) is 9.97. The van der Waals surface area contributed by atoms with E-state index in [1.165, 1.54) is 12.4 Å². The fourth-order valence-electron chi connectivity index (χ4n) is 5.79. The van der Waals surface area contributed by atoms with Crippen LogP contribution in [-0.2, 0) is 10.2 Å². The summed E-state index contributed by atoms with van der Waals surface area (Å²) in [6, 6.07) is 16.8. The van der Waals surface area contributed by atoms with Crippen molar-refractivity contribution in [2.24, 2.45) is 0 Å². The zero-order valence-electron chi connectivity index (χ0n) is 21.9. The van der Waals surface area contributed by atoms with Gasteiger partial charge in [0.1, 0.15) is 16.9 Å². The molecule has 0 saturated carbocycles. The van der Waals surface area contributed by atoms with E-state index in [-0.39, 0.29) is 22.4 Å². The van der Waals surface area contributed by atoms with Gasteiger partial charge in [-0.15, -0.1) is 27.7 Å². The SMILES string of the molecule is Nc1nccnc1C(O)NC1CN(CCCCC2(C(=O)NCC(P)(P)P)c3ccccc3-c3ccccc32)C1. The van der Waals surface area contributed by atoms with Gasteiger partial charge in [0, 0.05) is 42.7 Å². The number of benzene rings is 2. The molecule has 2 aromatic carbocycles. The summed E-state index contributed by atoms with van der Waals surface area (Å²) in [5.74, 6) is 0.294. The number of rotatable bonds is 11. The van der Waals surface area contributed by atoms with Gasteiger partial charge in [0.15, 0.2) is 6.23 Å². The van der Waals surface area contributed by atoms with Gasteiger partial charge in [-0.05, 0) is 41.6 Å². The minimum absolute atomic E-state index is 0.0575. The van der Waals surface area contributed by atoms with E-state index in [9.17, 15) is 9.90 Å². The number of nitrogens with one attached hydrogen (secondary N) is 2. The zero-order valence-corrected chi connectivity index (χ0v) is 25.3. The van der Waals surface area contributed by atoms with Crippen LogP contribution in [0.15, 0.2) is 60.9 Å². The van der Waals surface area contributed by atoms with Crippen molar-refractivity contribution in [2.45, 2.75) is 41.6 Å². The Balaban J connectivity index is 1.22. The summed E-state index contributed by atoms with van der Waals surface area (Å²) in [7, 11) is 8.25. The van der Waals surface area contributed by atoms with Gasteiger partial charge in [-0.3, -0.25) is 15.1 Å². The highest BCUT2D eigenvalue weighted by molar-refractivity contribution is 7.57. The number of nitrogen functional groups attached to an aromatic ring is 1. The van der Waals surface area contributed by atoms with Crippen LogP contribution in [0.3, 0.4) is 0 Å². The summed E-state index contributed by atoms with van der Waals surface area (Å²) < 4.78 is -0.247. The lowest BCUT2D eigenvalue weighted by Gasteiger charge is -2.41. The first-order valence-corrected chi connectivity index (χ1v) is 15.0. The van der Waals surface area contributed by atoms with E-state index < -0.39 is 11.6 Å². The van der Waals surface area contributed by atoms with Crippen molar-refractivity contribution in [2.75, 3.05) is 31.9 Å². The summed E-state index contributed by atoms with van der Waals surface area (Å²) in [4.78, 5) is 24.5. The van der Waals surface area contributed by atoms with E-state index in [2.05, 4.69) is 77.5 Å². The number of aliphatic hydroxyl groups excluding tert-OH is 1. The molecule has 1 aliphatic heterocycles. The highest BCUT2D eigenvalue weighted by Crippen LogP contribution is 2.51. The van der Waals surface area contributed by atoms with Gasteiger partial charge in [0.2, 0.25) is 5.91 Å². The van der Waals surface area contributed by atoms with E-state index in [0.717, 1.165) is 61.2 Å². The largest absolute Gasteiger partial charge is 0.382 e. The highest BCUT2D eigenvalue weighted by atomic mass is 31.1. The Hall–Kier alpha value is -2.04. The Morgan fingerprint density at radius 2 is 1.67 bits per heavy atom. The molecule has 4 atom stereocenters. The van der Waals surface area contributed by atoms with E-state index in [0.29, 0.717) is 12.2 Å². The maximum absolute atomic E-state index is 14.0. The molecule has 0 spiro atoms. The van der Waals surface area contributed by atoms with Gasteiger partial charge in [0.05, 0.1) is 0 Å².